The van der Waals surface area contributed by atoms with E-state index in [2.05, 4.69) is 109 Å². The molecule has 2 atom stereocenters. The van der Waals surface area contributed by atoms with Gasteiger partial charge in [0, 0.05) is 5.92 Å². The quantitative estimate of drug-likeness (QED) is 0.227. The summed E-state index contributed by atoms with van der Waals surface area (Å²) in [5, 5.41) is 1.26. The van der Waals surface area contributed by atoms with Crippen LogP contribution in [0.1, 0.15) is 46.2 Å². The number of para-hydroxylation sites is 2. The van der Waals surface area contributed by atoms with Crippen molar-refractivity contribution < 1.29 is 0 Å². The van der Waals surface area contributed by atoms with Crippen molar-refractivity contribution >= 4 is 40.3 Å². The van der Waals surface area contributed by atoms with Gasteiger partial charge in [0.15, 0.2) is 0 Å². The third-order valence-electron chi connectivity index (χ3n) is 7.91. The molecule has 1 nitrogen and oxygen atoms in total. The SMILES string of the molecule is CC1c2ccccc2C2(c3ccccc3)c3ccccc3N(c3c(Cl)cccc3Cl)c3cccc1c32. The molecular weight excluding hydrogens is 481 g/mol. The Labute approximate surface area is 221 Å². The van der Waals surface area contributed by atoms with Crippen molar-refractivity contribution in [1.82, 2.24) is 0 Å². The minimum atomic E-state index is -0.461. The first-order valence-electron chi connectivity index (χ1n) is 12.3. The predicted molar refractivity (Wildman–Crippen MR) is 151 cm³/mol. The summed E-state index contributed by atoms with van der Waals surface area (Å²) in [5.74, 6) is 0.252. The molecule has 2 unspecified atom stereocenters. The number of hydrogen-bond acceptors (Lipinski definition) is 1. The molecule has 0 aromatic heterocycles. The highest BCUT2D eigenvalue weighted by Gasteiger charge is 2.51. The van der Waals surface area contributed by atoms with Gasteiger partial charge in [-0.3, -0.25) is 0 Å². The minimum Gasteiger partial charge on any atom is -0.307 e. The zero-order valence-corrected chi connectivity index (χ0v) is 21.3. The van der Waals surface area contributed by atoms with Crippen LogP contribution in [0, 0.1) is 0 Å². The third-order valence-corrected chi connectivity index (χ3v) is 8.52. The highest BCUT2D eigenvalue weighted by molar-refractivity contribution is 6.39. The first-order valence-corrected chi connectivity index (χ1v) is 13.0. The number of hydrogen-bond donors (Lipinski definition) is 0. The van der Waals surface area contributed by atoms with Crippen LogP contribution in [0.3, 0.4) is 0 Å². The Hall–Kier alpha value is -3.52. The van der Waals surface area contributed by atoms with Crippen molar-refractivity contribution in [2.75, 3.05) is 4.90 Å². The molecule has 0 spiro atoms. The molecule has 36 heavy (non-hydrogen) atoms. The Morgan fingerprint density at radius 1 is 0.583 bits per heavy atom. The molecule has 174 valence electrons. The fourth-order valence-electron chi connectivity index (χ4n) is 6.51. The van der Waals surface area contributed by atoms with Crippen LogP contribution < -0.4 is 4.90 Å². The van der Waals surface area contributed by atoms with Gasteiger partial charge in [0.05, 0.1) is 32.5 Å². The number of nitrogens with zero attached hydrogens (tertiary/aromatic N) is 1. The smallest absolute Gasteiger partial charge is 0.0835 e. The highest BCUT2D eigenvalue weighted by atomic mass is 35.5. The lowest BCUT2D eigenvalue weighted by atomic mass is 9.56. The maximum atomic E-state index is 6.86. The number of rotatable bonds is 2. The molecule has 1 heterocycles. The van der Waals surface area contributed by atoms with E-state index in [4.69, 9.17) is 23.2 Å². The molecule has 0 fully saturated rings. The van der Waals surface area contributed by atoms with Crippen LogP contribution in [-0.2, 0) is 5.41 Å². The van der Waals surface area contributed by atoms with Crippen LogP contribution in [0.25, 0.3) is 0 Å². The monoisotopic (exact) mass is 503 g/mol. The Morgan fingerprint density at radius 3 is 1.94 bits per heavy atom. The molecular formula is C33H23Cl2N. The van der Waals surface area contributed by atoms with Crippen LogP contribution in [0.15, 0.2) is 115 Å². The lowest BCUT2D eigenvalue weighted by molar-refractivity contribution is 0.662. The Bertz CT molecular complexity index is 1620. The zero-order valence-electron chi connectivity index (χ0n) is 19.8. The first-order chi connectivity index (χ1) is 17.6. The average Bonchev–Trinajstić information content (AvgIpc) is 2.92. The van der Waals surface area contributed by atoms with Crippen molar-refractivity contribution in [3.05, 3.63) is 159 Å². The summed E-state index contributed by atoms with van der Waals surface area (Å²) in [4.78, 5) is 2.26. The van der Waals surface area contributed by atoms with E-state index >= 15 is 0 Å². The number of anilines is 3. The van der Waals surface area contributed by atoms with Gasteiger partial charge in [0.2, 0.25) is 0 Å². The Kier molecular flexibility index (Phi) is 4.83. The standard InChI is InChI=1S/C33H23Cl2N/c1-21-23-13-5-6-15-25(23)33(22-11-3-2-4-12-22)26-16-7-8-19-29(26)36(30-20-9-14-24(21)31(30)33)32-27(34)17-10-18-28(32)35/h2-21H,1H3. The number of halogens is 2. The van der Waals surface area contributed by atoms with Crippen LogP contribution in [-0.4, -0.2) is 0 Å². The molecule has 0 saturated heterocycles. The van der Waals surface area contributed by atoms with Gasteiger partial charge in [0.1, 0.15) is 0 Å². The van der Waals surface area contributed by atoms with E-state index in [1.807, 2.05) is 18.2 Å². The van der Waals surface area contributed by atoms with E-state index in [0.29, 0.717) is 10.0 Å². The molecule has 0 saturated carbocycles. The summed E-state index contributed by atoms with van der Waals surface area (Å²) >= 11 is 13.7. The summed E-state index contributed by atoms with van der Waals surface area (Å²) < 4.78 is 0. The molecule has 0 amide bonds. The van der Waals surface area contributed by atoms with Gasteiger partial charge in [-0.15, -0.1) is 0 Å². The summed E-state index contributed by atoms with van der Waals surface area (Å²) in [7, 11) is 0. The normalized spacial score (nSPS) is 19.3. The first kappa shape index (κ1) is 21.7. The molecule has 3 heteroatoms. The fourth-order valence-corrected chi connectivity index (χ4v) is 7.08. The lowest BCUT2D eigenvalue weighted by Gasteiger charge is -2.51. The van der Waals surface area contributed by atoms with E-state index in [1.54, 1.807) is 0 Å². The van der Waals surface area contributed by atoms with Gasteiger partial charge in [-0.2, -0.15) is 0 Å². The molecule has 0 bridgehead atoms. The average molecular weight is 504 g/mol. The number of fused-ring (bicyclic) bond motifs is 4. The highest BCUT2D eigenvalue weighted by Crippen LogP contribution is 2.63. The Morgan fingerprint density at radius 2 is 1.17 bits per heavy atom. The maximum Gasteiger partial charge on any atom is 0.0835 e. The largest absolute Gasteiger partial charge is 0.307 e. The van der Waals surface area contributed by atoms with Crippen LogP contribution in [0.4, 0.5) is 17.1 Å². The molecule has 1 aliphatic carbocycles. The second-order valence-electron chi connectivity index (χ2n) is 9.59. The van der Waals surface area contributed by atoms with Crippen LogP contribution in [0.5, 0.6) is 0 Å². The van der Waals surface area contributed by atoms with Crippen LogP contribution in [0.2, 0.25) is 10.0 Å². The summed E-state index contributed by atoms with van der Waals surface area (Å²) in [6.45, 7) is 2.32. The molecule has 5 aromatic carbocycles. The second kappa shape index (κ2) is 8.00. The van der Waals surface area contributed by atoms with Crippen LogP contribution >= 0.6 is 23.2 Å². The lowest BCUT2D eigenvalue weighted by Crippen LogP contribution is -2.42. The molecule has 0 radical (unpaired) electrons. The van der Waals surface area contributed by atoms with Crippen molar-refractivity contribution in [1.29, 1.82) is 0 Å². The summed E-state index contributed by atoms with van der Waals surface area (Å²) in [5.41, 5.74) is 10.4. The van der Waals surface area contributed by atoms with E-state index in [-0.39, 0.29) is 5.92 Å². The van der Waals surface area contributed by atoms with Gasteiger partial charge < -0.3 is 4.90 Å². The van der Waals surface area contributed by atoms with Gasteiger partial charge >= 0.3 is 0 Å². The van der Waals surface area contributed by atoms with E-state index in [1.165, 1.54) is 33.4 Å². The molecule has 0 N–H and O–H groups in total. The Balaban J connectivity index is 1.71. The van der Waals surface area contributed by atoms with Gasteiger partial charge in [-0.05, 0) is 57.6 Å². The molecule has 5 aromatic rings. The van der Waals surface area contributed by atoms with Crippen molar-refractivity contribution in [2.45, 2.75) is 18.3 Å². The molecule has 2 aliphatic rings. The summed E-state index contributed by atoms with van der Waals surface area (Å²) in [6.07, 6.45) is 0. The van der Waals surface area contributed by atoms with Gasteiger partial charge in [-0.25, -0.2) is 0 Å². The maximum absolute atomic E-state index is 6.86. The zero-order chi connectivity index (χ0) is 24.4. The van der Waals surface area contributed by atoms with E-state index < -0.39 is 5.41 Å². The van der Waals surface area contributed by atoms with Crippen molar-refractivity contribution in [3.63, 3.8) is 0 Å². The number of benzene rings is 5. The van der Waals surface area contributed by atoms with Crippen molar-refractivity contribution in [2.24, 2.45) is 0 Å². The third kappa shape index (κ3) is 2.73. The predicted octanol–water partition coefficient (Wildman–Crippen LogP) is 9.62. The molecule has 1 aliphatic heterocycles. The van der Waals surface area contributed by atoms with Gasteiger partial charge in [-0.1, -0.05) is 121 Å². The fraction of sp³-hybridized carbons (Fsp3) is 0.0909. The minimum absolute atomic E-state index is 0.252. The van der Waals surface area contributed by atoms with Crippen molar-refractivity contribution in [3.8, 4) is 0 Å². The topological polar surface area (TPSA) is 3.24 Å². The van der Waals surface area contributed by atoms with E-state index in [0.717, 1.165) is 17.1 Å². The van der Waals surface area contributed by atoms with Gasteiger partial charge in [0.25, 0.3) is 0 Å². The molecule has 7 rings (SSSR count). The van der Waals surface area contributed by atoms with E-state index in [9.17, 15) is 0 Å². The second-order valence-corrected chi connectivity index (χ2v) is 10.4. The summed E-state index contributed by atoms with van der Waals surface area (Å²) in [6, 6.07) is 41.0.